The van der Waals surface area contributed by atoms with Gasteiger partial charge in [0.05, 0.1) is 5.92 Å². The van der Waals surface area contributed by atoms with Crippen LogP contribution in [0, 0.1) is 5.92 Å². The summed E-state index contributed by atoms with van der Waals surface area (Å²) >= 11 is 0. The van der Waals surface area contributed by atoms with Gasteiger partial charge in [-0.3, -0.25) is 9.69 Å². The number of carbonyl (C=O) groups is 1. The molecule has 4 rings (SSSR count). The lowest BCUT2D eigenvalue weighted by Crippen LogP contribution is -2.40. The molecule has 0 aliphatic carbocycles. The van der Waals surface area contributed by atoms with Crippen LogP contribution in [0.3, 0.4) is 0 Å². The zero-order chi connectivity index (χ0) is 19.2. The van der Waals surface area contributed by atoms with Gasteiger partial charge in [-0.15, -0.1) is 0 Å². The van der Waals surface area contributed by atoms with Crippen molar-refractivity contribution in [2.75, 3.05) is 36.4 Å². The predicted octanol–water partition coefficient (Wildman–Crippen LogP) is 4.53. The maximum atomic E-state index is 12.8. The monoisotopic (exact) mass is 377 g/mol. The number of hydrogen-bond acceptors (Lipinski definition) is 3. The minimum Gasteiger partial charge on any atom is -0.372 e. The van der Waals surface area contributed by atoms with Crippen molar-refractivity contribution >= 4 is 17.3 Å². The fraction of sp³-hybridized carbons (Fsp3) is 0.458. The quantitative estimate of drug-likeness (QED) is 0.832. The molecule has 0 radical (unpaired) electrons. The first kappa shape index (κ1) is 19.0. The van der Waals surface area contributed by atoms with Gasteiger partial charge in [0, 0.05) is 37.6 Å². The molecule has 1 N–H and O–H groups in total. The summed E-state index contributed by atoms with van der Waals surface area (Å²) in [5, 5.41) is 3.14. The Hall–Kier alpha value is -2.33. The van der Waals surface area contributed by atoms with E-state index in [1.807, 2.05) is 18.2 Å². The van der Waals surface area contributed by atoms with Gasteiger partial charge in [0.15, 0.2) is 0 Å². The van der Waals surface area contributed by atoms with Crippen LogP contribution in [0.4, 0.5) is 11.4 Å². The van der Waals surface area contributed by atoms with E-state index < -0.39 is 0 Å². The summed E-state index contributed by atoms with van der Waals surface area (Å²) < 4.78 is 0. The first-order valence-electron chi connectivity index (χ1n) is 10.7. The van der Waals surface area contributed by atoms with Crippen molar-refractivity contribution in [3.63, 3.8) is 0 Å². The van der Waals surface area contributed by atoms with Gasteiger partial charge in [0.1, 0.15) is 0 Å². The molecular formula is C24H31N3O. The third kappa shape index (κ3) is 4.93. The van der Waals surface area contributed by atoms with Gasteiger partial charge in [-0.05, 0) is 68.5 Å². The standard InChI is InChI=1S/C24H31N3O/c28-24(21-10-7-15-26(19-21)18-20-8-3-1-4-9-20)25-22-11-13-23(14-12-22)27-16-5-2-6-17-27/h1,3-4,8-9,11-14,21H,2,5-7,10,15-19H2,(H,25,28). The Bertz CT molecular complexity index is 753. The van der Waals surface area contributed by atoms with Crippen LogP contribution in [0.25, 0.3) is 0 Å². The molecule has 2 saturated heterocycles. The largest absolute Gasteiger partial charge is 0.372 e. The number of anilines is 2. The van der Waals surface area contributed by atoms with Crippen molar-refractivity contribution in [3.05, 3.63) is 60.2 Å². The van der Waals surface area contributed by atoms with Crippen molar-refractivity contribution in [1.82, 2.24) is 4.90 Å². The molecule has 0 spiro atoms. The zero-order valence-corrected chi connectivity index (χ0v) is 16.6. The molecule has 4 heteroatoms. The van der Waals surface area contributed by atoms with Crippen LogP contribution in [0.1, 0.15) is 37.7 Å². The van der Waals surface area contributed by atoms with Gasteiger partial charge in [0.25, 0.3) is 0 Å². The van der Waals surface area contributed by atoms with Crippen LogP contribution in [0.2, 0.25) is 0 Å². The van der Waals surface area contributed by atoms with Gasteiger partial charge in [-0.1, -0.05) is 30.3 Å². The molecule has 0 saturated carbocycles. The van der Waals surface area contributed by atoms with Crippen LogP contribution >= 0.6 is 0 Å². The number of benzene rings is 2. The van der Waals surface area contributed by atoms with E-state index >= 15 is 0 Å². The Morgan fingerprint density at radius 1 is 0.893 bits per heavy atom. The van der Waals surface area contributed by atoms with Crippen LogP contribution < -0.4 is 10.2 Å². The Labute approximate surface area is 168 Å². The van der Waals surface area contributed by atoms with E-state index in [2.05, 4.69) is 51.5 Å². The summed E-state index contributed by atoms with van der Waals surface area (Å²) in [6, 6.07) is 18.9. The van der Waals surface area contributed by atoms with Crippen molar-refractivity contribution < 1.29 is 4.79 Å². The van der Waals surface area contributed by atoms with Crippen molar-refractivity contribution in [2.24, 2.45) is 5.92 Å². The van der Waals surface area contributed by atoms with Gasteiger partial charge in [-0.2, -0.15) is 0 Å². The van der Waals surface area contributed by atoms with Gasteiger partial charge in [-0.25, -0.2) is 0 Å². The average Bonchev–Trinajstić information content (AvgIpc) is 2.76. The summed E-state index contributed by atoms with van der Waals surface area (Å²) in [7, 11) is 0. The van der Waals surface area contributed by atoms with Crippen molar-refractivity contribution in [2.45, 2.75) is 38.6 Å². The molecule has 1 unspecified atom stereocenters. The number of hydrogen-bond donors (Lipinski definition) is 1. The second kappa shape index (κ2) is 9.24. The summed E-state index contributed by atoms with van der Waals surface area (Å²) in [5.74, 6) is 0.225. The second-order valence-electron chi connectivity index (χ2n) is 8.14. The van der Waals surface area contributed by atoms with Crippen LogP contribution in [0.5, 0.6) is 0 Å². The molecule has 0 aromatic heterocycles. The molecule has 0 bridgehead atoms. The molecule has 1 amide bonds. The molecule has 2 aromatic rings. The fourth-order valence-electron chi connectivity index (χ4n) is 4.41. The van der Waals surface area contributed by atoms with E-state index in [0.29, 0.717) is 0 Å². The van der Waals surface area contributed by atoms with Crippen LogP contribution in [0.15, 0.2) is 54.6 Å². The van der Waals surface area contributed by atoms with E-state index in [-0.39, 0.29) is 11.8 Å². The summed E-state index contributed by atoms with van der Waals surface area (Å²) in [4.78, 5) is 17.7. The molecule has 28 heavy (non-hydrogen) atoms. The molecular weight excluding hydrogens is 346 g/mol. The van der Waals surface area contributed by atoms with Crippen LogP contribution in [-0.4, -0.2) is 37.0 Å². The highest BCUT2D eigenvalue weighted by molar-refractivity contribution is 5.92. The molecule has 4 nitrogen and oxygen atoms in total. The highest BCUT2D eigenvalue weighted by Crippen LogP contribution is 2.24. The van der Waals surface area contributed by atoms with E-state index in [4.69, 9.17) is 0 Å². The maximum Gasteiger partial charge on any atom is 0.228 e. The number of nitrogens with one attached hydrogen (secondary N) is 1. The molecule has 148 valence electrons. The number of likely N-dealkylation sites (tertiary alicyclic amines) is 1. The van der Waals surface area contributed by atoms with E-state index in [1.54, 1.807) is 0 Å². The topological polar surface area (TPSA) is 35.6 Å². The van der Waals surface area contributed by atoms with Crippen molar-refractivity contribution in [3.8, 4) is 0 Å². The normalized spacial score (nSPS) is 20.7. The lowest BCUT2D eigenvalue weighted by molar-refractivity contribution is -0.121. The Morgan fingerprint density at radius 2 is 1.64 bits per heavy atom. The number of piperidine rings is 2. The molecule has 2 aromatic carbocycles. The number of rotatable bonds is 5. The van der Waals surface area contributed by atoms with E-state index in [9.17, 15) is 4.79 Å². The highest BCUT2D eigenvalue weighted by atomic mass is 16.1. The number of carbonyl (C=O) groups excluding carboxylic acids is 1. The number of nitrogens with zero attached hydrogens (tertiary/aromatic N) is 2. The molecule has 1 atom stereocenters. The third-order valence-corrected chi connectivity index (χ3v) is 5.98. The summed E-state index contributed by atoms with van der Waals surface area (Å²) in [5.41, 5.74) is 3.49. The number of amides is 1. The van der Waals surface area contributed by atoms with Crippen LogP contribution in [-0.2, 0) is 11.3 Å². The summed E-state index contributed by atoms with van der Waals surface area (Å²) in [6.45, 7) is 5.13. The first-order chi connectivity index (χ1) is 13.8. The van der Waals surface area contributed by atoms with Gasteiger partial charge >= 0.3 is 0 Å². The SMILES string of the molecule is O=C(Nc1ccc(N2CCCCC2)cc1)C1CCCN(Cc2ccccc2)C1. The highest BCUT2D eigenvalue weighted by Gasteiger charge is 2.26. The minimum absolute atomic E-state index is 0.0687. The van der Waals surface area contributed by atoms with E-state index in [0.717, 1.165) is 51.3 Å². The zero-order valence-electron chi connectivity index (χ0n) is 16.6. The minimum atomic E-state index is 0.0687. The molecule has 2 aliphatic rings. The second-order valence-corrected chi connectivity index (χ2v) is 8.14. The smallest absolute Gasteiger partial charge is 0.228 e. The summed E-state index contributed by atoms with van der Waals surface area (Å²) in [6.07, 6.45) is 5.95. The Kier molecular flexibility index (Phi) is 6.27. The van der Waals surface area contributed by atoms with Crippen molar-refractivity contribution in [1.29, 1.82) is 0 Å². The van der Waals surface area contributed by atoms with Gasteiger partial charge in [0.2, 0.25) is 5.91 Å². The van der Waals surface area contributed by atoms with Gasteiger partial charge < -0.3 is 10.2 Å². The third-order valence-electron chi connectivity index (χ3n) is 5.98. The molecule has 2 aliphatic heterocycles. The average molecular weight is 378 g/mol. The maximum absolute atomic E-state index is 12.8. The lowest BCUT2D eigenvalue weighted by atomic mass is 9.96. The molecule has 2 fully saturated rings. The Balaban J connectivity index is 1.31. The first-order valence-corrected chi connectivity index (χ1v) is 10.7. The molecule has 2 heterocycles. The lowest BCUT2D eigenvalue weighted by Gasteiger charge is -2.32. The Morgan fingerprint density at radius 3 is 2.39 bits per heavy atom. The predicted molar refractivity (Wildman–Crippen MR) is 116 cm³/mol. The fourth-order valence-corrected chi connectivity index (χ4v) is 4.41. The van der Waals surface area contributed by atoms with E-state index in [1.165, 1.54) is 30.5 Å².